The van der Waals surface area contributed by atoms with Gasteiger partial charge in [0.2, 0.25) is 10.0 Å². The Morgan fingerprint density at radius 1 is 0.971 bits per heavy atom. The molecule has 5 rings (SSSR count). The van der Waals surface area contributed by atoms with Crippen LogP contribution in [0.2, 0.25) is 0 Å². The van der Waals surface area contributed by atoms with Crippen LogP contribution in [-0.4, -0.2) is 30.5 Å². The zero-order chi connectivity index (χ0) is 24.6. The Labute approximate surface area is 203 Å². The maximum atomic E-state index is 12.9. The van der Waals surface area contributed by atoms with Crippen LogP contribution in [0.4, 0.5) is 0 Å². The summed E-state index contributed by atoms with van der Waals surface area (Å²) in [5.41, 5.74) is 4.33. The topological polar surface area (TPSA) is 94.2 Å². The van der Waals surface area contributed by atoms with Gasteiger partial charge in [-0.1, -0.05) is 50.2 Å². The second-order valence-electron chi connectivity index (χ2n) is 8.91. The van der Waals surface area contributed by atoms with Gasteiger partial charge < -0.3 is 9.21 Å². The fourth-order valence-corrected chi connectivity index (χ4v) is 5.38. The predicted molar refractivity (Wildman–Crippen MR) is 135 cm³/mol. The number of benzene rings is 3. The van der Waals surface area contributed by atoms with E-state index in [0.29, 0.717) is 29.4 Å². The first-order chi connectivity index (χ1) is 16.8. The molecule has 5 aromatic rings. The van der Waals surface area contributed by atoms with Gasteiger partial charge >= 0.3 is 0 Å². The normalized spacial score (nSPS) is 13.0. The first-order valence-electron chi connectivity index (χ1n) is 11.3. The van der Waals surface area contributed by atoms with E-state index in [9.17, 15) is 13.2 Å². The number of fused-ring (bicyclic) bond motifs is 3. The van der Waals surface area contributed by atoms with Gasteiger partial charge in [0.15, 0.2) is 0 Å². The fourth-order valence-electron chi connectivity index (χ4n) is 4.04. The lowest BCUT2D eigenvalue weighted by Gasteiger charge is -2.16. The largest absolute Gasteiger partial charge is 0.456 e. The Kier molecular flexibility index (Phi) is 6.00. The van der Waals surface area contributed by atoms with E-state index in [1.165, 1.54) is 11.6 Å². The Morgan fingerprint density at radius 2 is 1.77 bits per heavy atom. The lowest BCUT2D eigenvalue weighted by atomic mass is 10.1. The van der Waals surface area contributed by atoms with Crippen LogP contribution >= 0.6 is 0 Å². The molecule has 35 heavy (non-hydrogen) atoms. The van der Waals surface area contributed by atoms with E-state index < -0.39 is 16.1 Å². The van der Waals surface area contributed by atoms with Crippen LogP contribution in [0, 0.1) is 5.92 Å². The standard InChI is InChI=1S/C27H25N3O4S/c1-18(2)25(17-31)29-35(32,33)22-9-11-26-24(13-22)23-10-8-20(12-27(23)34-26)21-14-28-30(16-21)15-19-6-4-3-5-7-19/h3-14,16-18,25,29H,15H2,1-2H3/t25-/m0/s1. The summed E-state index contributed by atoms with van der Waals surface area (Å²) in [6.07, 6.45) is 4.43. The summed E-state index contributed by atoms with van der Waals surface area (Å²) in [6, 6.07) is 19.9. The monoisotopic (exact) mass is 487 g/mol. The van der Waals surface area contributed by atoms with Gasteiger partial charge in [0, 0.05) is 22.5 Å². The minimum Gasteiger partial charge on any atom is -0.456 e. The third-order valence-corrected chi connectivity index (χ3v) is 7.52. The van der Waals surface area contributed by atoms with Gasteiger partial charge in [-0.3, -0.25) is 4.68 Å². The zero-order valence-electron chi connectivity index (χ0n) is 19.4. The molecule has 0 aliphatic heterocycles. The van der Waals surface area contributed by atoms with Crippen LogP contribution in [0.1, 0.15) is 19.4 Å². The van der Waals surface area contributed by atoms with Gasteiger partial charge in [0.05, 0.1) is 23.7 Å². The number of sulfonamides is 1. The number of furan rings is 1. The first kappa shape index (κ1) is 23.0. The molecule has 3 aromatic carbocycles. The molecular formula is C27H25N3O4S. The number of nitrogens with one attached hydrogen (secondary N) is 1. The van der Waals surface area contributed by atoms with Crippen molar-refractivity contribution >= 4 is 38.2 Å². The number of aldehydes is 1. The van der Waals surface area contributed by atoms with Crippen LogP contribution in [0.15, 0.2) is 88.4 Å². The SMILES string of the molecule is CC(C)[C@H](C=O)NS(=O)(=O)c1ccc2oc3cc(-c4cnn(Cc5ccccc5)c4)ccc3c2c1. The molecule has 2 heterocycles. The second-order valence-corrected chi connectivity index (χ2v) is 10.6. The van der Waals surface area contributed by atoms with Crippen LogP contribution in [0.25, 0.3) is 33.1 Å². The quantitative estimate of drug-likeness (QED) is 0.311. The molecule has 0 spiro atoms. The van der Waals surface area contributed by atoms with Gasteiger partial charge in [0.25, 0.3) is 0 Å². The molecule has 1 atom stereocenters. The summed E-state index contributed by atoms with van der Waals surface area (Å²) >= 11 is 0. The molecule has 0 radical (unpaired) electrons. The summed E-state index contributed by atoms with van der Waals surface area (Å²) < 4.78 is 36.1. The van der Waals surface area contributed by atoms with E-state index in [2.05, 4.69) is 22.0 Å². The molecule has 0 amide bonds. The van der Waals surface area contributed by atoms with Crippen molar-refractivity contribution in [1.82, 2.24) is 14.5 Å². The van der Waals surface area contributed by atoms with Crippen LogP contribution < -0.4 is 4.72 Å². The molecule has 0 fully saturated rings. The van der Waals surface area contributed by atoms with Crippen molar-refractivity contribution in [3.8, 4) is 11.1 Å². The molecular weight excluding hydrogens is 462 g/mol. The van der Waals surface area contributed by atoms with Crippen LogP contribution in [0.5, 0.6) is 0 Å². The maximum Gasteiger partial charge on any atom is 0.241 e. The van der Waals surface area contributed by atoms with Crippen molar-refractivity contribution in [2.24, 2.45) is 5.92 Å². The Morgan fingerprint density at radius 3 is 2.51 bits per heavy atom. The molecule has 0 bridgehead atoms. The average Bonchev–Trinajstić information content (AvgIpc) is 3.46. The Hall–Kier alpha value is -3.75. The summed E-state index contributed by atoms with van der Waals surface area (Å²) in [6.45, 7) is 4.26. The molecule has 0 aliphatic rings. The maximum absolute atomic E-state index is 12.9. The highest BCUT2D eigenvalue weighted by atomic mass is 32.2. The summed E-state index contributed by atoms with van der Waals surface area (Å²) in [5, 5.41) is 5.99. The number of nitrogens with zero attached hydrogens (tertiary/aromatic N) is 2. The highest BCUT2D eigenvalue weighted by Gasteiger charge is 2.23. The number of hydrogen-bond acceptors (Lipinski definition) is 5. The number of carbonyl (C=O) groups is 1. The van der Waals surface area contributed by atoms with Crippen molar-refractivity contribution < 1.29 is 17.6 Å². The first-order valence-corrected chi connectivity index (χ1v) is 12.8. The molecule has 7 nitrogen and oxygen atoms in total. The second kappa shape index (κ2) is 9.13. The molecule has 8 heteroatoms. The van der Waals surface area contributed by atoms with Crippen molar-refractivity contribution in [3.63, 3.8) is 0 Å². The number of carbonyl (C=O) groups excluding carboxylic acids is 1. The molecule has 0 unspecified atom stereocenters. The van der Waals surface area contributed by atoms with Crippen molar-refractivity contribution in [3.05, 3.63) is 84.7 Å². The van der Waals surface area contributed by atoms with Gasteiger partial charge in [-0.15, -0.1) is 0 Å². The smallest absolute Gasteiger partial charge is 0.241 e. The minimum absolute atomic E-state index is 0.0893. The Bertz CT molecular complexity index is 1620. The van der Waals surface area contributed by atoms with Crippen molar-refractivity contribution in [2.75, 3.05) is 0 Å². The average molecular weight is 488 g/mol. The van der Waals surface area contributed by atoms with Gasteiger partial charge in [-0.05, 0) is 47.4 Å². The van der Waals surface area contributed by atoms with E-state index in [1.54, 1.807) is 26.0 Å². The molecule has 0 saturated heterocycles. The van der Waals surface area contributed by atoms with Crippen molar-refractivity contribution in [1.29, 1.82) is 0 Å². The third kappa shape index (κ3) is 4.62. The molecule has 178 valence electrons. The number of hydrogen-bond donors (Lipinski definition) is 1. The third-order valence-electron chi connectivity index (χ3n) is 6.06. The van der Waals surface area contributed by atoms with E-state index in [1.807, 2.05) is 53.5 Å². The summed E-state index contributed by atoms with van der Waals surface area (Å²) in [4.78, 5) is 11.4. The Balaban J connectivity index is 1.46. The number of aromatic nitrogens is 2. The van der Waals surface area contributed by atoms with Crippen molar-refractivity contribution in [2.45, 2.75) is 31.3 Å². The minimum atomic E-state index is -3.86. The molecule has 2 aromatic heterocycles. The highest BCUT2D eigenvalue weighted by Crippen LogP contribution is 2.33. The predicted octanol–water partition coefficient (Wildman–Crippen LogP) is 5.00. The molecule has 0 saturated carbocycles. The van der Waals surface area contributed by atoms with E-state index in [0.717, 1.165) is 16.5 Å². The van der Waals surface area contributed by atoms with Crippen LogP contribution in [-0.2, 0) is 21.4 Å². The van der Waals surface area contributed by atoms with E-state index in [4.69, 9.17) is 4.42 Å². The van der Waals surface area contributed by atoms with Gasteiger partial charge in [-0.2, -0.15) is 5.10 Å². The lowest BCUT2D eigenvalue weighted by molar-refractivity contribution is -0.110. The van der Waals surface area contributed by atoms with Crippen LogP contribution in [0.3, 0.4) is 0 Å². The highest BCUT2D eigenvalue weighted by molar-refractivity contribution is 7.89. The zero-order valence-corrected chi connectivity index (χ0v) is 20.2. The molecule has 0 aliphatic carbocycles. The van der Waals surface area contributed by atoms with Gasteiger partial charge in [0.1, 0.15) is 17.5 Å². The summed E-state index contributed by atoms with van der Waals surface area (Å²) in [7, 11) is -3.86. The summed E-state index contributed by atoms with van der Waals surface area (Å²) in [5.74, 6) is -0.156. The van der Waals surface area contributed by atoms with Gasteiger partial charge in [-0.25, -0.2) is 13.1 Å². The van der Waals surface area contributed by atoms with E-state index in [-0.39, 0.29) is 10.8 Å². The fraction of sp³-hybridized carbons (Fsp3) is 0.185. The number of rotatable bonds is 8. The lowest BCUT2D eigenvalue weighted by Crippen LogP contribution is -2.39. The molecule has 1 N–H and O–H groups in total. The van der Waals surface area contributed by atoms with E-state index >= 15 is 0 Å².